The van der Waals surface area contributed by atoms with E-state index in [9.17, 15) is 0 Å². The van der Waals surface area contributed by atoms with E-state index in [1.54, 1.807) is 7.11 Å². The molecular formula is C18H18N4O4. The van der Waals surface area contributed by atoms with E-state index in [0.717, 1.165) is 11.3 Å². The van der Waals surface area contributed by atoms with Crippen LogP contribution in [-0.4, -0.2) is 30.5 Å². The molecule has 8 heteroatoms. The van der Waals surface area contributed by atoms with Gasteiger partial charge in [-0.05, 0) is 29.8 Å². The molecule has 0 saturated heterocycles. The lowest BCUT2D eigenvalue weighted by Gasteiger charge is -2.18. The SMILES string of the molecule is COC(COc1cccc2nc(N)nc(N)c12)c1ccc2c(c1)OCO2. The number of aromatic nitrogens is 2. The van der Waals surface area contributed by atoms with Gasteiger partial charge in [-0.1, -0.05) is 12.1 Å². The van der Waals surface area contributed by atoms with Crippen molar-refractivity contribution in [2.75, 3.05) is 32.0 Å². The van der Waals surface area contributed by atoms with Crippen LogP contribution in [-0.2, 0) is 4.74 Å². The zero-order valence-electron chi connectivity index (χ0n) is 14.1. The monoisotopic (exact) mass is 354 g/mol. The number of nitrogens with zero attached hydrogens (tertiary/aromatic N) is 2. The lowest BCUT2D eigenvalue weighted by Crippen LogP contribution is -2.13. The molecule has 3 aromatic rings. The highest BCUT2D eigenvalue weighted by atomic mass is 16.7. The molecule has 0 spiro atoms. The van der Waals surface area contributed by atoms with Crippen LogP contribution in [0.15, 0.2) is 36.4 Å². The molecule has 0 fully saturated rings. The molecule has 0 saturated carbocycles. The minimum absolute atomic E-state index is 0.127. The van der Waals surface area contributed by atoms with Crippen molar-refractivity contribution in [2.45, 2.75) is 6.10 Å². The minimum atomic E-state index is -0.296. The van der Waals surface area contributed by atoms with Crippen LogP contribution in [0.2, 0.25) is 0 Å². The van der Waals surface area contributed by atoms with Crippen molar-refractivity contribution >= 4 is 22.7 Å². The zero-order chi connectivity index (χ0) is 18.1. The van der Waals surface area contributed by atoms with Crippen LogP contribution >= 0.6 is 0 Å². The molecule has 134 valence electrons. The second kappa shape index (κ2) is 6.57. The van der Waals surface area contributed by atoms with Crippen LogP contribution in [0, 0.1) is 0 Å². The summed E-state index contributed by atoms with van der Waals surface area (Å²) >= 11 is 0. The van der Waals surface area contributed by atoms with Crippen molar-refractivity contribution in [3.63, 3.8) is 0 Å². The molecule has 8 nitrogen and oxygen atoms in total. The van der Waals surface area contributed by atoms with E-state index >= 15 is 0 Å². The Bertz CT molecular complexity index is 963. The van der Waals surface area contributed by atoms with Gasteiger partial charge in [0.25, 0.3) is 0 Å². The van der Waals surface area contributed by atoms with E-state index in [0.29, 0.717) is 22.4 Å². The Hall–Kier alpha value is -3.26. The Morgan fingerprint density at radius 3 is 2.81 bits per heavy atom. The van der Waals surface area contributed by atoms with Crippen molar-refractivity contribution in [2.24, 2.45) is 0 Å². The lowest BCUT2D eigenvalue weighted by molar-refractivity contribution is 0.0580. The zero-order valence-corrected chi connectivity index (χ0v) is 14.1. The van der Waals surface area contributed by atoms with Gasteiger partial charge in [-0.15, -0.1) is 0 Å². The maximum absolute atomic E-state index is 6.00. The number of benzene rings is 2. The number of ether oxygens (including phenoxy) is 4. The Morgan fingerprint density at radius 2 is 1.96 bits per heavy atom. The average molecular weight is 354 g/mol. The Balaban J connectivity index is 1.59. The van der Waals surface area contributed by atoms with E-state index in [2.05, 4.69) is 9.97 Å². The van der Waals surface area contributed by atoms with Gasteiger partial charge in [-0.25, -0.2) is 4.98 Å². The van der Waals surface area contributed by atoms with E-state index < -0.39 is 0 Å². The Morgan fingerprint density at radius 1 is 1.12 bits per heavy atom. The third-order valence-corrected chi connectivity index (χ3v) is 4.17. The van der Waals surface area contributed by atoms with Gasteiger partial charge in [-0.3, -0.25) is 0 Å². The van der Waals surface area contributed by atoms with Crippen molar-refractivity contribution in [3.8, 4) is 17.2 Å². The summed E-state index contributed by atoms with van der Waals surface area (Å²) in [6.45, 7) is 0.504. The smallest absolute Gasteiger partial charge is 0.231 e. The molecule has 4 rings (SSSR count). The van der Waals surface area contributed by atoms with E-state index in [1.807, 2.05) is 36.4 Å². The minimum Gasteiger partial charge on any atom is -0.490 e. The van der Waals surface area contributed by atoms with Crippen LogP contribution < -0.4 is 25.7 Å². The molecule has 1 aliphatic rings. The summed E-state index contributed by atoms with van der Waals surface area (Å²) in [6.07, 6.45) is -0.296. The van der Waals surface area contributed by atoms with Gasteiger partial charge in [0.05, 0.1) is 10.9 Å². The predicted molar refractivity (Wildman–Crippen MR) is 96.2 cm³/mol. The van der Waals surface area contributed by atoms with Gasteiger partial charge < -0.3 is 30.4 Å². The van der Waals surface area contributed by atoms with Crippen molar-refractivity contribution in [1.29, 1.82) is 0 Å². The highest BCUT2D eigenvalue weighted by Gasteiger charge is 2.19. The lowest BCUT2D eigenvalue weighted by atomic mass is 10.1. The fourth-order valence-electron chi connectivity index (χ4n) is 2.90. The van der Waals surface area contributed by atoms with Gasteiger partial charge in [0.1, 0.15) is 24.3 Å². The van der Waals surface area contributed by atoms with E-state index in [-0.39, 0.29) is 31.3 Å². The topological polar surface area (TPSA) is 115 Å². The number of methoxy groups -OCH3 is 1. The number of hydrogen-bond donors (Lipinski definition) is 2. The van der Waals surface area contributed by atoms with Crippen LogP contribution in [0.1, 0.15) is 11.7 Å². The molecule has 1 aliphatic heterocycles. The van der Waals surface area contributed by atoms with Crippen LogP contribution in [0.25, 0.3) is 10.9 Å². The highest BCUT2D eigenvalue weighted by Crippen LogP contribution is 2.35. The summed E-state index contributed by atoms with van der Waals surface area (Å²) < 4.78 is 22.3. The number of hydrogen-bond acceptors (Lipinski definition) is 8. The third-order valence-electron chi connectivity index (χ3n) is 4.17. The first-order valence-corrected chi connectivity index (χ1v) is 8.02. The van der Waals surface area contributed by atoms with Crippen molar-refractivity contribution < 1.29 is 18.9 Å². The molecule has 4 N–H and O–H groups in total. The number of anilines is 2. The quantitative estimate of drug-likeness (QED) is 0.717. The van der Waals surface area contributed by atoms with E-state index in [4.69, 9.17) is 30.4 Å². The summed E-state index contributed by atoms with van der Waals surface area (Å²) in [4.78, 5) is 8.20. The normalized spacial score (nSPS) is 13.7. The average Bonchev–Trinajstić information content (AvgIpc) is 3.09. The number of fused-ring (bicyclic) bond motifs is 2. The van der Waals surface area contributed by atoms with Crippen LogP contribution in [0.3, 0.4) is 0 Å². The maximum Gasteiger partial charge on any atom is 0.231 e. The summed E-state index contributed by atoms with van der Waals surface area (Å²) in [5.41, 5.74) is 13.2. The predicted octanol–water partition coefficient (Wildman–Crippen LogP) is 2.29. The third kappa shape index (κ3) is 2.91. The largest absolute Gasteiger partial charge is 0.490 e. The fraction of sp³-hybridized carbons (Fsp3) is 0.222. The summed E-state index contributed by atoms with van der Waals surface area (Å²) in [6, 6.07) is 11.1. The molecule has 0 radical (unpaired) electrons. The molecule has 26 heavy (non-hydrogen) atoms. The molecule has 0 bridgehead atoms. The number of nitrogen functional groups attached to an aromatic ring is 2. The van der Waals surface area contributed by atoms with Gasteiger partial charge in [0.15, 0.2) is 11.5 Å². The fourth-order valence-corrected chi connectivity index (χ4v) is 2.90. The number of rotatable bonds is 5. The first-order valence-electron chi connectivity index (χ1n) is 8.02. The van der Waals surface area contributed by atoms with Crippen LogP contribution in [0.5, 0.6) is 17.2 Å². The van der Waals surface area contributed by atoms with Gasteiger partial charge >= 0.3 is 0 Å². The molecule has 2 heterocycles. The second-order valence-electron chi connectivity index (χ2n) is 5.77. The standard InChI is InChI=1S/C18H18N4O4/c1-23-15(10-5-6-12-14(7-10)26-9-25-12)8-24-13-4-2-3-11-16(13)17(19)22-18(20)21-11/h2-7,15H,8-9H2,1H3,(H4,19,20,21,22). The van der Waals surface area contributed by atoms with Gasteiger partial charge in [-0.2, -0.15) is 4.98 Å². The van der Waals surface area contributed by atoms with Crippen molar-refractivity contribution in [3.05, 3.63) is 42.0 Å². The van der Waals surface area contributed by atoms with E-state index in [1.165, 1.54) is 0 Å². The Kier molecular flexibility index (Phi) is 4.10. The molecule has 0 aliphatic carbocycles. The first kappa shape index (κ1) is 16.2. The summed E-state index contributed by atoms with van der Waals surface area (Å²) in [5.74, 6) is 2.40. The summed E-state index contributed by atoms with van der Waals surface area (Å²) in [7, 11) is 1.62. The molecule has 1 atom stereocenters. The first-order chi connectivity index (χ1) is 12.7. The molecule has 2 aromatic carbocycles. The van der Waals surface area contributed by atoms with Crippen molar-refractivity contribution in [1.82, 2.24) is 9.97 Å². The molecule has 0 amide bonds. The Labute approximate surface area is 149 Å². The second-order valence-corrected chi connectivity index (χ2v) is 5.77. The molecule has 1 unspecified atom stereocenters. The maximum atomic E-state index is 6.00. The molecule has 1 aromatic heterocycles. The van der Waals surface area contributed by atoms with Gasteiger partial charge in [0, 0.05) is 7.11 Å². The number of nitrogens with two attached hydrogens (primary N) is 2. The summed E-state index contributed by atoms with van der Waals surface area (Å²) in [5, 5.41) is 0.627. The van der Waals surface area contributed by atoms with Gasteiger partial charge in [0.2, 0.25) is 12.7 Å². The highest BCUT2D eigenvalue weighted by molar-refractivity contribution is 5.94. The van der Waals surface area contributed by atoms with Crippen LogP contribution in [0.4, 0.5) is 11.8 Å². The molecular weight excluding hydrogens is 336 g/mol.